The second kappa shape index (κ2) is 5.82. The molecule has 0 aromatic heterocycles. The molecule has 0 saturated carbocycles. The molecular weight excluding hydrogens is 212 g/mol. The predicted octanol–water partition coefficient (Wildman–Crippen LogP) is 0.105. The highest BCUT2D eigenvalue weighted by Gasteiger charge is 2.24. The quantitative estimate of drug-likeness (QED) is 0.708. The maximum Gasteiger partial charge on any atom is 0.151 e. The van der Waals surface area contributed by atoms with E-state index >= 15 is 0 Å². The number of sulfone groups is 1. The van der Waals surface area contributed by atoms with Gasteiger partial charge in [0.1, 0.15) is 0 Å². The molecule has 0 amide bonds. The Balaban J connectivity index is 2.37. The highest BCUT2D eigenvalue weighted by Crippen LogP contribution is 2.16. The van der Waals surface area contributed by atoms with E-state index in [2.05, 4.69) is 10.2 Å². The Hall–Kier alpha value is -0.130. The molecule has 1 fully saturated rings. The van der Waals surface area contributed by atoms with E-state index in [0.717, 1.165) is 13.1 Å². The molecule has 1 N–H and O–H groups in total. The number of hydrogen-bond acceptors (Lipinski definition) is 4. The lowest BCUT2D eigenvalue weighted by atomic mass is 10.2. The fourth-order valence-electron chi connectivity index (χ4n) is 2.06. The Kier molecular flexibility index (Phi) is 5.02. The van der Waals surface area contributed by atoms with Gasteiger partial charge in [-0.15, -0.1) is 0 Å². The number of rotatable bonds is 6. The molecule has 90 valence electrons. The summed E-state index contributed by atoms with van der Waals surface area (Å²) in [7, 11) is -0.864. The summed E-state index contributed by atoms with van der Waals surface area (Å²) < 4.78 is 22.8. The molecule has 1 unspecified atom stereocenters. The fraction of sp³-hybridized carbons (Fsp3) is 1.00. The van der Waals surface area contributed by atoms with Crippen molar-refractivity contribution in [3.8, 4) is 0 Å². The van der Waals surface area contributed by atoms with E-state index in [1.165, 1.54) is 12.8 Å². The maximum absolute atomic E-state index is 11.4. The van der Waals surface area contributed by atoms with Crippen LogP contribution in [0.2, 0.25) is 0 Å². The molecule has 4 nitrogen and oxygen atoms in total. The van der Waals surface area contributed by atoms with Crippen LogP contribution in [0.5, 0.6) is 0 Å². The number of nitrogens with one attached hydrogen (secondary N) is 1. The van der Waals surface area contributed by atoms with Crippen LogP contribution in [-0.4, -0.2) is 57.5 Å². The molecular formula is C10H22N2O2S. The molecule has 0 aliphatic carbocycles. The predicted molar refractivity (Wildman–Crippen MR) is 62.8 cm³/mol. The molecule has 1 atom stereocenters. The lowest BCUT2D eigenvalue weighted by Crippen LogP contribution is -2.39. The molecule has 1 aliphatic heterocycles. The minimum absolute atomic E-state index is 0.261. The monoisotopic (exact) mass is 234 g/mol. The Morgan fingerprint density at radius 1 is 1.47 bits per heavy atom. The van der Waals surface area contributed by atoms with Gasteiger partial charge in [-0.2, -0.15) is 0 Å². The van der Waals surface area contributed by atoms with Gasteiger partial charge in [0.05, 0.1) is 5.75 Å². The first-order valence-electron chi connectivity index (χ1n) is 5.68. The van der Waals surface area contributed by atoms with E-state index < -0.39 is 9.84 Å². The van der Waals surface area contributed by atoms with E-state index in [4.69, 9.17) is 0 Å². The third kappa shape index (κ3) is 4.09. The van der Waals surface area contributed by atoms with Crippen molar-refractivity contribution in [1.82, 2.24) is 10.2 Å². The third-order valence-electron chi connectivity index (χ3n) is 3.07. The minimum Gasteiger partial charge on any atom is -0.318 e. The Morgan fingerprint density at radius 2 is 2.20 bits per heavy atom. The van der Waals surface area contributed by atoms with Gasteiger partial charge < -0.3 is 5.32 Å². The van der Waals surface area contributed by atoms with Crippen molar-refractivity contribution >= 4 is 9.84 Å². The third-order valence-corrected chi connectivity index (χ3v) is 4.75. The van der Waals surface area contributed by atoms with Crippen LogP contribution in [0.3, 0.4) is 0 Å². The van der Waals surface area contributed by atoms with Crippen molar-refractivity contribution in [2.45, 2.75) is 25.8 Å². The zero-order chi connectivity index (χ0) is 11.3. The topological polar surface area (TPSA) is 49.4 Å². The van der Waals surface area contributed by atoms with Crippen LogP contribution in [0.15, 0.2) is 0 Å². The molecule has 0 spiro atoms. The van der Waals surface area contributed by atoms with Crippen LogP contribution in [0.25, 0.3) is 0 Å². The second-order valence-electron chi connectivity index (χ2n) is 4.13. The van der Waals surface area contributed by atoms with Gasteiger partial charge in [0, 0.05) is 24.9 Å². The first-order chi connectivity index (χ1) is 7.09. The van der Waals surface area contributed by atoms with Crippen molar-refractivity contribution in [3.63, 3.8) is 0 Å². The molecule has 15 heavy (non-hydrogen) atoms. The zero-order valence-corrected chi connectivity index (χ0v) is 10.5. The van der Waals surface area contributed by atoms with Crippen molar-refractivity contribution in [1.29, 1.82) is 0 Å². The average Bonchev–Trinajstić information content (AvgIpc) is 2.64. The van der Waals surface area contributed by atoms with Crippen LogP contribution in [0.4, 0.5) is 0 Å². The summed E-state index contributed by atoms with van der Waals surface area (Å²) in [5.74, 6) is 0.571. The van der Waals surface area contributed by atoms with Gasteiger partial charge in [0.25, 0.3) is 0 Å². The Morgan fingerprint density at radius 3 is 2.80 bits per heavy atom. The van der Waals surface area contributed by atoms with Gasteiger partial charge in [-0.05, 0) is 26.4 Å². The smallest absolute Gasteiger partial charge is 0.151 e. The number of likely N-dealkylation sites (N-methyl/N-ethyl adjacent to an activating group) is 1. The van der Waals surface area contributed by atoms with Crippen molar-refractivity contribution < 1.29 is 8.42 Å². The number of nitrogens with zero attached hydrogens (tertiary/aromatic N) is 1. The maximum atomic E-state index is 11.4. The van der Waals surface area contributed by atoms with Crippen molar-refractivity contribution in [2.75, 3.05) is 38.2 Å². The second-order valence-corrected chi connectivity index (χ2v) is 6.60. The minimum atomic E-state index is -2.81. The van der Waals surface area contributed by atoms with Gasteiger partial charge >= 0.3 is 0 Å². The summed E-state index contributed by atoms with van der Waals surface area (Å²) in [5.41, 5.74) is 0. The van der Waals surface area contributed by atoms with E-state index in [1.807, 2.05) is 7.05 Å². The van der Waals surface area contributed by atoms with E-state index in [-0.39, 0.29) is 5.75 Å². The molecule has 1 heterocycles. The van der Waals surface area contributed by atoms with Crippen LogP contribution in [0.1, 0.15) is 19.8 Å². The van der Waals surface area contributed by atoms with Gasteiger partial charge in [0.2, 0.25) is 0 Å². The summed E-state index contributed by atoms with van der Waals surface area (Å²) in [6, 6.07) is 0.530. The Labute approximate surface area is 93.0 Å². The fourth-order valence-corrected chi connectivity index (χ4v) is 2.86. The van der Waals surface area contributed by atoms with Gasteiger partial charge in [-0.25, -0.2) is 8.42 Å². The average molecular weight is 234 g/mol. The van der Waals surface area contributed by atoms with Gasteiger partial charge in [-0.3, -0.25) is 4.90 Å². The van der Waals surface area contributed by atoms with Crippen LogP contribution in [0, 0.1) is 0 Å². The molecule has 5 heteroatoms. The molecule has 1 saturated heterocycles. The lowest BCUT2D eigenvalue weighted by Gasteiger charge is -2.23. The molecule has 0 bridgehead atoms. The molecule has 0 aromatic carbocycles. The van der Waals surface area contributed by atoms with Gasteiger partial charge in [0.15, 0.2) is 9.84 Å². The first kappa shape index (κ1) is 12.9. The molecule has 0 radical (unpaired) electrons. The number of likely N-dealkylation sites (tertiary alicyclic amines) is 1. The lowest BCUT2D eigenvalue weighted by molar-refractivity contribution is 0.264. The van der Waals surface area contributed by atoms with Crippen molar-refractivity contribution in [2.24, 2.45) is 0 Å². The standard InChI is InChI=1S/C10H22N2O2S/c1-3-15(13,14)8-7-12-6-4-5-10(12)9-11-2/h10-11H,3-9H2,1-2H3. The summed E-state index contributed by atoms with van der Waals surface area (Å²) in [5, 5.41) is 3.16. The number of hydrogen-bond donors (Lipinski definition) is 1. The van der Waals surface area contributed by atoms with E-state index in [1.54, 1.807) is 6.92 Å². The molecule has 1 rings (SSSR count). The molecule has 0 aromatic rings. The first-order valence-corrected chi connectivity index (χ1v) is 7.50. The van der Waals surface area contributed by atoms with E-state index in [0.29, 0.717) is 18.3 Å². The van der Waals surface area contributed by atoms with Crippen LogP contribution >= 0.6 is 0 Å². The SMILES string of the molecule is CCS(=O)(=O)CCN1CCCC1CNC. The van der Waals surface area contributed by atoms with Crippen LogP contribution < -0.4 is 5.32 Å². The summed E-state index contributed by atoms with van der Waals surface area (Å²) in [6.07, 6.45) is 2.38. The zero-order valence-electron chi connectivity index (χ0n) is 9.70. The highest BCUT2D eigenvalue weighted by molar-refractivity contribution is 7.91. The normalized spacial score (nSPS) is 23.5. The van der Waals surface area contributed by atoms with E-state index in [9.17, 15) is 8.42 Å². The summed E-state index contributed by atoms with van der Waals surface area (Å²) in [4.78, 5) is 2.30. The highest BCUT2D eigenvalue weighted by atomic mass is 32.2. The molecule has 1 aliphatic rings. The van der Waals surface area contributed by atoms with Crippen molar-refractivity contribution in [3.05, 3.63) is 0 Å². The largest absolute Gasteiger partial charge is 0.318 e. The summed E-state index contributed by atoms with van der Waals surface area (Å²) >= 11 is 0. The Bertz CT molecular complexity index is 277. The van der Waals surface area contributed by atoms with Crippen LogP contribution in [-0.2, 0) is 9.84 Å². The summed E-state index contributed by atoms with van der Waals surface area (Å²) in [6.45, 7) is 4.42. The van der Waals surface area contributed by atoms with Gasteiger partial charge in [-0.1, -0.05) is 6.92 Å².